The maximum Gasteiger partial charge on any atom is 0.218 e. The van der Waals surface area contributed by atoms with E-state index >= 15 is 0 Å². The van der Waals surface area contributed by atoms with Crippen LogP contribution in [-0.2, 0) is 31.9 Å². The number of hydrogen-bond acceptors (Lipinski definition) is 12. The van der Waals surface area contributed by atoms with Crippen molar-refractivity contribution in [2.75, 3.05) is 39.5 Å². The van der Waals surface area contributed by atoms with E-state index in [1.807, 2.05) is 72.8 Å². The van der Waals surface area contributed by atoms with E-state index in [9.17, 15) is 19.8 Å². The minimum absolute atomic E-state index is 0.0963. The van der Waals surface area contributed by atoms with Crippen LogP contribution in [0.3, 0.4) is 0 Å². The Morgan fingerprint density at radius 1 is 0.694 bits per heavy atom. The number of ether oxygens (including phenoxy) is 4. The van der Waals surface area contributed by atoms with Gasteiger partial charge in [0.2, 0.25) is 23.6 Å². The van der Waals surface area contributed by atoms with Gasteiger partial charge in [-0.1, -0.05) is 83.9 Å². The molecule has 0 radical (unpaired) electrons. The van der Waals surface area contributed by atoms with Gasteiger partial charge in [-0.2, -0.15) is 0 Å². The summed E-state index contributed by atoms with van der Waals surface area (Å²) in [5.41, 5.74) is 3.01. The number of aliphatic hydroxyl groups excluding tert-OH is 2. The monoisotopic (exact) mass is 890 g/mol. The first-order chi connectivity index (χ1) is 29.9. The molecule has 0 aliphatic carbocycles. The quantitative estimate of drug-likeness (QED) is 0.102. The fraction of sp³-hybridized carbons (Fsp3) is 0.478. The van der Waals surface area contributed by atoms with E-state index in [-0.39, 0.29) is 23.9 Å². The molecule has 8 atom stereocenters. The summed E-state index contributed by atoms with van der Waals surface area (Å²) in [5, 5.41) is 35.6. The predicted octanol–water partition coefficient (Wildman–Crippen LogP) is 4.83. The standard InChI is InChI=1S/2C23H28ClN3O4/c2*1-15(28)27-19(9-16-5-3-2-4-6-16)21(29)13-25-20-11-23(7-8-30-14-23)31-22-18(20)10-17(24)12-26-22/h2*2-6,10,12,19-21,25,29H,7-9,11,13-14H2,1H3,(H,27,28)/t19-,20-,21+,23+;19-,20-,21+,23-/m00/s1. The number of amides is 2. The number of nitrogens with one attached hydrogen (secondary N) is 4. The Morgan fingerprint density at radius 2 is 1.10 bits per heavy atom. The summed E-state index contributed by atoms with van der Waals surface area (Å²) in [5.74, 6) is 0.760. The van der Waals surface area contributed by atoms with E-state index in [0.717, 1.165) is 35.1 Å². The molecule has 4 aromatic rings. The minimum atomic E-state index is -0.779. The number of carbonyl (C=O) groups excluding carboxylic acids is 2. The molecule has 62 heavy (non-hydrogen) atoms. The summed E-state index contributed by atoms with van der Waals surface area (Å²) in [6, 6.07) is 22.3. The zero-order chi connectivity index (χ0) is 43.7. The lowest BCUT2D eigenvalue weighted by Crippen LogP contribution is -2.50. The van der Waals surface area contributed by atoms with Gasteiger partial charge in [-0.15, -0.1) is 0 Å². The van der Waals surface area contributed by atoms with Gasteiger partial charge in [0.25, 0.3) is 0 Å². The molecule has 2 aromatic heterocycles. The first kappa shape index (κ1) is 45.6. The van der Waals surface area contributed by atoms with Gasteiger partial charge in [0, 0.05) is 88.2 Å². The summed E-state index contributed by atoms with van der Waals surface area (Å²) >= 11 is 12.4. The second kappa shape index (κ2) is 20.9. The molecule has 2 saturated heterocycles. The number of rotatable bonds is 14. The molecule has 0 bridgehead atoms. The number of carbonyl (C=O) groups is 2. The number of pyridine rings is 2. The van der Waals surface area contributed by atoms with Gasteiger partial charge in [0.15, 0.2) is 0 Å². The molecule has 16 heteroatoms. The highest BCUT2D eigenvalue weighted by atomic mass is 35.5. The van der Waals surface area contributed by atoms with Crippen molar-refractivity contribution in [3.05, 3.63) is 117 Å². The van der Waals surface area contributed by atoms with Crippen molar-refractivity contribution in [1.82, 2.24) is 31.2 Å². The van der Waals surface area contributed by atoms with E-state index in [1.54, 1.807) is 12.4 Å². The van der Waals surface area contributed by atoms with E-state index in [1.165, 1.54) is 13.8 Å². The van der Waals surface area contributed by atoms with Crippen molar-refractivity contribution < 1.29 is 38.7 Å². The third-order valence-electron chi connectivity index (χ3n) is 11.8. The predicted molar refractivity (Wildman–Crippen MR) is 234 cm³/mol. The van der Waals surface area contributed by atoms with Crippen LogP contribution in [-0.4, -0.2) is 107 Å². The van der Waals surface area contributed by atoms with Crippen LogP contribution in [0.1, 0.15) is 73.9 Å². The lowest BCUT2D eigenvalue weighted by atomic mass is 9.87. The van der Waals surface area contributed by atoms with Crippen molar-refractivity contribution in [1.29, 1.82) is 0 Å². The average Bonchev–Trinajstić information content (AvgIpc) is 3.91. The van der Waals surface area contributed by atoms with Gasteiger partial charge in [-0.25, -0.2) is 9.97 Å². The lowest BCUT2D eigenvalue weighted by Gasteiger charge is -2.39. The van der Waals surface area contributed by atoms with Gasteiger partial charge >= 0.3 is 0 Å². The summed E-state index contributed by atoms with van der Waals surface area (Å²) in [6.07, 6.45) is 5.65. The van der Waals surface area contributed by atoms with Crippen molar-refractivity contribution in [2.45, 2.75) is 99.9 Å². The highest BCUT2D eigenvalue weighted by molar-refractivity contribution is 6.30. The molecule has 8 rings (SSSR count). The van der Waals surface area contributed by atoms with Crippen molar-refractivity contribution in [3.8, 4) is 11.8 Å². The third-order valence-corrected chi connectivity index (χ3v) is 12.2. The number of fused-ring (bicyclic) bond motifs is 2. The molecule has 0 unspecified atom stereocenters. The first-order valence-electron chi connectivity index (χ1n) is 21.2. The topological polar surface area (TPSA) is 185 Å². The Balaban J connectivity index is 0.000000186. The van der Waals surface area contributed by atoms with Crippen LogP contribution in [0.25, 0.3) is 0 Å². The molecule has 0 saturated carbocycles. The van der Waals surface area contributed by atoms with E-state index in [2.05, 4.69) is 31.2 Å². The van der Waals surface area contributed by atoms with Crippen LogP contribution in [0.15, 0.2) is 85.2 Å². The molecule has 6 heterocycles. The normalized spacial score (nSPS) is 24.3. The number of benzene rings is 2. The summed E-state index contributed by atoms with van der Waals surface area (Å²) < 4.78 is 23.6. The fourth-order valence-electron chi connectivity index (χ4n) is 8.67. The Kier molecular flexibility index (Phi) is 15.4. The fourth-order valence-corrected chi connectivity index (χ4v) is 9.00. The first-order valence-corrected chi connectivity index (χ1v) is 21.9. The van der Waals surface area contributed by atoms with E-state index < -0.39 is 35.5 Å². The minimum Gasteiger partial charge on any atom is -0.468 e. The molecule has 6 N–H and O–H groups in total. The van der Waals surface area contributed by atoms with Crippen LogP contribution in [0, 0.1) is 0 Å². The van der Waals surface area contributed by atoms with Gasteiger partial charge in [0.1, 0.15) is 11.2 Å². The van der Waals surface area contributed by atoms with Gasteiger partial charge < -0.3 is 50.4 Å². The molecule has 2 fully saturated rings. The molecule has 4 aliphatic heterocycles. The smallest absolute Gasteiger partial charge is 0.218 e. The van der Waals surface area contributed by atoms with Crippen LogP contribution in [0.4, 0.5) is 0 Å². The zero-order valence-electron chi connectivity index (χ0n) is 35.0. The zero-order valence-corrected chi connectivity index (χ0v) is 36.5. The number of aromatic nitrogens is 2. The maximum absolute atomic E-state index is 11.7. The van der Waals surface area contributed by atoms with Gasteiger partial charge in [0.05, 0.1) is 60.8 Å². The lowest BCUT2D eigenvalue weighted by molar-refractivity contribution is -0.121. The molecule has 332 valence electrons. The van der Waals surface area contributed by atoms with Crippen LogP contribution < -0.4 is 30.7 Å². The van der Waals surface area contributed by atoms with Crippen LogP contribution >= 0.6 is 23.2 Å². The Hall–Kier alpha value is -4.38. The van der Waals surface area contributed by atoms with Gasteiger partial charge in [-0.3, -0.25) is 9.59 Å². The van der Waals surface area contributed by atoms with Crippen molar-refractivity contribution in [3.63, 3.8) is 0 Å². The molecule has 14 nitrogen and oxygen atoms in total. The molecule has 2 spiro atoms. The van der Waals surface area contributed by atoms with E-state index in [0.29, 0.717) is 87.0 Å². The Morgan fingerprint density at radius 3 is 1.45 bits per heavy atom. The summed E-state index contributed by atoms with van der Waals surface area (Å²) in [7, 11) is 0. The second-order valence-electron chi connectivity index (χ2n) is 16.7. The van der Waals surface area contributed by atoms with Crippen LogP contribution in [0.5, 0.6) is 11.8 Å². The SMILES string of the molecule is CC(=O)N[C@@H](Cc1ccccc1)[C@H](O)CN[C@H]1C[C@@]2(CCOC2)Oc2ncc(Cl)cc21.CC(=O)N[C@@H](Cc1ccccc1)[C@H](O)CN[C@H]1C[C@]2(CCOC2)Oc2ncc(Cl)cc21. The number of hydrogen-bond donors (Lipinski definition) is 6. The number of aliphatic hydroxyl groups is 2. The summed E-state index contributed by atoms with van der Waals surface area (Å²) in [6.45, 7) is 5.85. The Bertz CT molecular complexity index is 1960. The van der Waals surface area contributed by atoms with Gasteiger partial charge in [-0.05, 0) is 36.1 Å². The Labute approximate surface area is 372 Å². The average molecular weight is 892 g/mol. The van der Waals surface area contributed by atoms with Crippen LogP contribution in [0.2, 0.25) is 10.0 Å². The number of halogens is 2. The van der Waals surface area contributed by atoms with Crippen molar-refractivity contribution in [2.24, 2.45) is 0 Å². The molecular formula is C46H56Cl2N6O8. The molecule has 4 aliphatic rings. The number of nitrogens with zero attached hydrogens (tertiary/aromatic N) is 2. The van der Waals surface area contributed by atoms with Crippen molar-refractivity contribution >= 4 is 35.0 Å². The summed E-state index contributed by atoms with van der Waals surface area (Å²) in [4.78, 5) is 32.2. The largest absolute Gasteiger partial charge is 0.468 e. The highest BCUT2D eigenvalue weighted by Crippen LogP contribution is 2.44. The molecule has 2 aromatic carbocycles. The third kappa shape index (κ3) is 12.0. The van der Waals surface area contributed by atoms with E-state index in [4.69, 9.17) is 42.1 Å². The molecular weight excluding hydrogens is 835 g/mol. The maximum atomic E-state index is 11.7. The highest BCUT2D eigenvalue weighted by Gasteiger charge is 2.46. The molecule has 2 amide bonds. The second-order valence-corrected chi connectivity index (χ2v) is 17.6.